The lowest BCUT2D eigenvalue weighted by atomic mass is 9.88. The van der Waals surface area contributed by atoms with Crippen molar-refractivity contribution in [1.29, 1.82) is 0 Å². The molecule has 2 atom stereocenters. The lowest BCUT2D eigenvalue weighted by Crippen LogP contribution is -2.46. The summed E-state index contributed by atoms with van der Waals surface area (Å²) in [4.78, 5) is 1.96. The van der Waals surface area contributed by atoms with Gasteiger partial charge in [-0.05, 0) is 36.2 Å². The number of halogens is 2. The topological polar surface area (TPSA) is 29.3 Å². The molecule has 21 heavy (non-hydrogen) atoms. The fraction of sp³-hybridized carbons (Fsp3) is 0.294. The third-order valence-corrected chi connectivity index (χ3v) is 4.00. The van der Waals surface area contributed by atoms with Crippen molar-refractivity contribution in [3.63, 3.8) is 0 Å². The highest BCUT2D eigenvalue weighted by molar-refractivity contribution is 5.49. The van der Waals surface area contributed by atoms with Crippen molar-refractivity contribution in [2.75, 3.05) is 18.0 Å². The Labute approximate surface area is 123 Å². The molecule has 1 aliphatic heterocycles. The van der Waals surface area contributed by atoms with Crippen LogP contribution in [0.5, 0.6) is 0 Å². The van der Waals surface area contributed by atoms with Crippen molar-refractivity contribution in [2.45, 2.75) is 18.4 Å². The van der Waals surface area contributed by atoms with Crippen LogP contribution >= 0.6 is 0 Å². The number of nitrogens with zero attached hydrogens (tertiary/aromatic N) is 1. The molecular formula is C17H18F2N2. The van der Waals surface area contributed by atoms with E-state index in [-0.39, 0.29) is 23.6 Å². The molecule has 1 heterocycles. The van der Waals surface area contributed by atoms with Crippen LogP contribution in [0.1, 0.15) is 17.9 Å². The Kier molecular flexibility index (Phi) is 3.88. The Hall–Kier alpha value is -1.94. The molecular weight excluding hydrogens is 270 g/mol. The molecule has 0 radical (unpaired) electrons. The minimum absolute atomic E-state index is 0.0494. The fourth-order valence-corrected chi connectivity index (χ4v) is 3.05. The summed E-state index contributed by atoms with van der Waals surface area (Å²) in [6.07, 6.45) is 0.786. The van der Waals surface area contributed by atoms with Crippen molar-refractivity contribution < 1.29 is 8.78 Å². The van der Waals surface area contributed by atoms with Gasteiger partial charge in [-0.2, -0.15) is 0 Å². The molecule has 110 valence electrons. The van der Waals surface area contributed by atoms with E-state index >= 15 is 0 Å². The van der Waals surface area contributed by atoms with Crippen molar-refractivity contribution in [3.05, 3.63) is 65.7 Å². The maximum Gasteiger partial charge on any atom is 0.146 e. The monoisotopic (exact) mass is 288 g/mol. The number of para-hydroxylation sites is 1. The van der Waals surface area contributed by atoms with Crippen molar-refractivity contribution >= 4 is 5.69 Å². The minimum Gasteiger partial charge on any atom is -0.367 e. The van der Waals surface area contributed by atoms with Gasteiger partial charge in [0, 0.05) is 25.0 Å². The summed E-state index contributed by atoms with van der Waals surface area (Å²) >= 11 is 0. The standard InChI is InChI=1S/C17H18F2N2/c18-14-5-3-4-12(8-14)13-9-15(20)11-21(10-13)17-7-2-1-6-16(17)19/h1-8,13,15H,9-11,20H2. The van der Waals surface area contributed by atoms with E-state index in [2.05, 4.69) is 0 Å². The minimum atomic E-state index is -0.246. The van der Waals surface area contributed by atoms with Crippen LogP contribution in [-0.2, 0) is 0 Å². The molecule has 2 unspecified atom stereocenters. The van der Waals surface area contributed by atoms with Gasteiger partial charge in [0.15, 0.2) is 0 Å². The summed E-state index contributed by atoms with van der Waals surface area (Å²) in [5.41, 5.74) is 7.61. The smallest absolute Gasteiger partial charge is 0.146 e. The number of rotatable bonds is 2. The summed E-state index contributed by atoms with van der Waals surface area (Å²) in [5, 5.41) is 0. The molecule has 0 saturated carbocycles. The first-order chi connectivity index (χ1) is 10.1. The van der Waals surface area contributed by atoms with Crippen molar-refractivity contribution in [1.82, 2.24) is 0 Å². The highest BCUT2D eigenvalue weighted by Crippen LogP contribution is 2.31. The van der Waals surface area contributed by atoms with Crippen LogP contribution in [0.15, 0.2) is 48.5 Å². The second-order valence-electron chi connectivity index (χ2n) is 5.60. The van der Waals surface area contributed by atoms with Gasteiger partial charge in [-0.1, -0.05) is 24.3 Å². The first-order valence-corrected chi connectivity index (χ1v) is 7.14. The predicted molar refractivity (Wildman–Crippen MR) is 80.3 cm³/mol. The largest absolute Gasteiger partial charge is 0.367 e. The van der Waals surface area contributed by atoms with Gasteiger partial charge in [-0.15, -0.1) is 0 Å². The molecule has 3 rings (SSSR count). The number of hydrogen-bond donors (Lipinski definition) is 1. The lowest BCUT2D eigenvalue weighted by Gasteiger charge is -2.38. The van der Waals surface area contributed by atoms with Crippen LogP contribution in [0, 0.1) is 11.6 Å². The van der Waals surface area contributed by atoms with E-state index in [0.29, 0.717) is 18.8 Å². The Bertz CT molecular complexity index is 630. The first-order valence-electron chi connectivity index (χ1n) is 7.14. The lowest BCUT2D eigenvalue weighted by molar-refractivity contribution is 0.447. The molecule has 2 aromatic carbocycles. The number of piperidine rings is 1. The highest BCUT2D eigenvalue weighted by Gasteiger charge is 2.27. The number of anilines is 1. The molecule has 4 heteroatoms. The van der Waals surface area contributed by atoms with E-state index in [1.165, 1.54) is 12.1 Å². The summed E-state index contributed by atoms with van der Waals surface area (Å²) in [6.45, 7) is 1.27. The molecule has 0 aliphatic carbocycles. The molecule has 0 aromatic heterocycles. The molecule has 0 amide bonds. The first kappa shape index (κ1) is 14.0. The van der Waals surface area contributed by atoms with Crippen LogP contribution in [0.4, 0.5) is 14.5 Å². The molecule has 1 fully saturated rings. The van der Waals surface area contributed by atoms with Crippen LogP contribution in [0.25, 0.3) is 0 Å². The third kappa shape index (κ3) is 3.05. The maximum atomic E-state index is 14.0. The van der Waals surface area contributed by atoms with Gasteiger partial charge in [0.25, 0.3) is 0 Å². The van der Waals surface area contributed by atoms with Gasteiger partial charge in [-0.3, -0.25) is 0 Å². The van der Waals surface area contributed by atoms with E-state index in [1.54, 1.807) is 24.3 Å². The average Bonchev–Trinajstić information content (AvgIpc) is 2.47. The predicted octanol–water partition coefficient (Wildman–Crippen LogP) is 3.29. The van der Waals surface area contributed by atoms with E-state index in [0.717, 1.165) is 12.0 Å². The number of hydrogen-bond acceptors (Lipinski definition) is 2. The summed E-state index contributed by atoms with van der Waals surface area (Å²) in [7, 11) is 0. The summed E-state index contributed by atoms with van der Waals surface area (Å²) < 4.78 is 27.4. The van der Waals surface area contributed by atoms with E-state index in [9.17, 15) is 8.78 Å². The van der Waals surface area contributed by atoms with Gasteiger partial charge >= 0.3 is 0 Å². The van der Waals surface area contributed by atoms with E-state index in [4.69, 9.17) is 5.73 Å². The van der Waals surface area contributed by atoms with Gasteiger partial charge < -0.3 is 10.6 Å². The summed E-state index contributed by atoms with van der Waals surface area (Å²) in [5.74, 6) is -0.377. The molecule has 2 aromatic rings. The second kappa shape index (κ2) is 5.82. The molecule has 0 spiro atoms. The van der Waals surface area contributed by atoms with Crippen LogP contribution in [0.3, 0.4) is 0 Å². The number of nitrogens with two attached hydrogens (primary N) is 1. The quantitative estimate of drug-likeness (QED) is 0.919. The third-order valence-electron chi connectivity index (χ3n) is 4.00. The molecule has 1 aliphatic rings. The maximum absolute atomic E-state index is 14.0. The molecule has 2 N–H and O–H groups in total. The molecule has 1 saturated heterocycles. The molecule has 0 bridgehead atoms. The van der Waals surface area contributed by atoms with E-state index < -0.39 is 0 Å². The normalized spacial score (nSPS) is 22.3. The fourth-order valence-electron chi connectivity index (χ4n) is 3.05. The SMILES string of the molecule is NC1CC(c2cccc(F)c2)CN(c2ccccc2F)C1. The van der Waals surface area contributed by atoms with Gasteiger partial charge in [0.2, 0.25) is 0 Å². The van der Waals surface area contributed by atoms with Gasteiger partial charge in [0.1, 0.15) is 11.6 Å². The van der Waals surface area contributed by atoms with E-state index in [1.807, 2.05) is 17.0 Å². The zero-order chi connectivity index (χ0) is 14.8. The Morgan fingerprint density at radius 1 is 1.00 bits per heavy atom. The highest BCUT2D eigenvalue weighted by atomic mass is 19.1. The van der Waals surface area contributed by atoms with Crippen LogP contribution in [-0.4, -0.2) is 19.1 Å². The summed E-state index contributed by atoms with van der Waals surface area (Å²) in [6, 6.07) is 13.2. The van der Waals surface area contributed by atoms with Gasteiger partial charge in [0.05, 0.1) is 5.69 Å². The van der Waals surface area contributed by atoms with Gasteiger partial charge in [-0.25, -0.2) is 8.78 Å². The average molecular weight is 288 g/mol. The Morgan fingerprint density at radius 3 is 2.57 bits per heavy atom. The van der Waals surface area contributed by atoms with Crippen LogP contribution in [0.2, 0.25) is 0 Å². The molecule has 2 nitrogen and oxygen atoms in total. The van der Waals surface area contributed by atoms with Crippen molar-refractivity contribution in [3.8, 4) is 0 Å². The Balaban J connectivity index is 1.87. The number of benzene rings is 2. The second-order valence-corrected chi connectivity index (χ2v) is 5.60. The Morgan fingerprint density at radius 2 is 1.81 bits per heavy atom. The zero-order valence-electron chi connectivity index (χ0n) is 11.7. The van der Waals surface area contributed by atoms with Crippen LogP contribution < -0.4 is 10.6 Å². The van der Waals surface area contributed by atoms with Crippen molar-refractivity contribution in [2.24, 2.45) is 5.73 Å². The zero-order valence-corrected chi connectivity index (χ0v) is 11.7.